The van der Waals surface area contributed by atoms with E-state index in [4.69, 9.17) is 11.6 Å². The lowest BCUT2D eigenvalue weighted by Gasteiger charge is -2.10. The average Bonchev–Trinajstić information content (AvgIpc) is 2.28. The fourth-order valence-corrected chi connectivity index (χ4v) is 2.26. The third-order valence-electron chi connectivity index (χ3n) is 2.43. The van der Waals surface area contributed by atoms with E-state index in [2.05, 4.69) is 15.3 Å². The quantitative estimate of drug-likeness (QED) is 0.640. The summed E-state index contributed by atoms with van der Waals surface area (Å²) in [6, 6.07) is 0. The molecule has 0 spiro atoms. The number of nitrogens with zero attached hydrogens (tertiary/aromatic N) is 2. The SMILES string of the molecule is CCc1nc(Cl)c(C)c(NCCCS(C)(=O)=O)n1. The van der Waals surface area contributed by atoms with Crippen molar-refractivity contribution in [2.45, 2.75) is 26.7 Å². The summed E-state index contributed by atoms with van der Waals surface area (Å²) >= 11 is 6.00. The summed E-state index contributed by atoms with van der Waals surface area (Å²) in [5.74, 6) is 1.52. The third-order valence-corrected chi connectivity index (χ3v) is 3.83. The molecule has 7 heteroatoms. The van der Waals surface area contributed by atoms with Crippen molar-refractivity contribution >= 4 is 27.3 Å². The molecule has 0 amide bonds. The Morgan fingerprint density at radius 1 is 1.33 bits per heavy atom. The zero-order valence-corrected chi connectivity index (χ0v) is 12.4. The number of hydrogen-bond donors (Lipinski definition) is 1. The molecular formula is C11H18ClN3O2S. The van der Waals surface area contributed by atoms with E-state index in [1.807, 2.05) is 13.8 Å². The molecular weight excluding hydrogens is 274 g/mol. The van der Waals surface area contributed by atoms with Gasteiger partial charge in [0.05, 0.1) is 5.75 Å². The van der Waals surface area contributed by atoms with Crippen LogP contribution in [0.2, 0.25) is 5.15 Å². The Labute approximate surface area is 113 Å². The normalized spacial score (nSPS) is 11.6. The Morgan fingerprint density at radius 2 is 2.00 bits per heavy atom. The van der Waals surface area contributed by atoms with Crippen molar-refractivity contribution in [3.63, 3.8) is 0 Å². The number of sulfone groups is 1. The molecule has 0 aliphatic rings. The molecule has 5 nitrogen and oxygen atoms in total. The third kappa shape index (κ3) is 4.78. The minimum Gasteiger partial charge on any atom is -0.370 e. The van der Waals surface area contributed by atoms with Crippen molar-refractivity contribution in [3.05, 3.63) is 16.5 Å². The van der Waals surface area contributed by atoms with Gasteiger partial charge in [-0.3, -0.25) is 0 Å². The molecule has 1 heterocycles. The van der Waals surface area contributed by atoms with Crippen LogP contribution in [0.25, 0.3) is 0 Å². The molecule has 0 fully saturated rings. The Kier molecular flexibility index (Phi) is 5.34. The van der Waals surface area contributed by atoms with Gasteiger partial charge >= 0.3 is 0 Å². The predicted octanol–water partition coefficient (Wildman–Crippen LogP) is 1.85. The van der Waals surface area contributed by atoms with Gasteiger partial charge in [0.1, 0.15) is 26.6 Å². The number of aryl methyl sites for hydroxylation is 1. The van der Waals surface area contributed by atoms with Crippen LogP contribution in [0, 0.1) is 6.92 Å². The van der Waals surface area contributed by atoms with Gasteiger partial charge in [-0.25, -0.2) is 18.4 Å². The summed E-state index contributed by atoms with van der Waals surface area (Å²) in [6.07, 6.45) is 2.48. The molecule has 1 rings (SSSR count). The Morgan fingerprint density at radius 3 is 2.56 bits per heavy atom. The monoisotopic (exact) mass is 291 g/mol. The standard InChI is InChI=1S/C11H18ClN3O2S/c1-4-9-14-10(12)8(2)11(15-9)13-6-5-7-18(3,16)17/h4-7H2,1-3H3,(H,13,14,15). The van der Waals surface area contributed by atoms with Crippen LogP contribution in [0.5, 0.6) is 0 Å². The minimum absolute atomic E-state index is 0.165. The van der Waals surface area contributed by atoms with Gasteiger partial charge in [0.2, 0.25) is 0 Å². The highest BCUT2D eigenvalue weighted by atomic mass is 35.5. The number of halogens is 1. The molecule has 0 aromatic carbocycles. The maximum absolute atomic E-state index is 11.0. The van der Waals surface area contributed by atoms with Gasteiger partial charge in [-0.15, -0.1) is 0 Å². The molecule has 0 unspecified atom stereocenters. The summed E-state index contributed by atoms with van der Waals surface area (Å²) < 4.78 is 22.0. The first kappa shape index (κ1) is 15.2. The second kappa shape index (κ2) is 6.33. The first-order chi connectivity index (χ1) is 8.33. The van der Waals surface area contributed by atoms with Crippen LogP contribution < -0.4 is 5.32 Å². The molecule has 0 radical (unpaired) electrons. The molecule has 1 aromatic heterocycles. The van der Waals surface area contributed by atoms with Crippen LogP contribution >= 0.6 is 11.6 Å². The van der Waals surface area contributed by atoms with Gasteiger partial charge in [0.25, 0.3) is 0 Å². The van der Waals surface area contributed by atoms with Crippen LogP contribution in [0.15, 0.2) is 0 Å². The van der Waals surface area contributed by atoms with Gasteiger partial charge in [0, 0.05) is 24.8 Å². The van der Waals surface area contributed by atoms with Crippen LogP contribution in [0.3, 0.4) is 0 Å². The van der Waals surface area contributed by atoms with Crippen LogP contribution in [0.4, 0.5) is 5.82 Å². The smallest absolute Gasteiger partial charge is 0.147 e. The zero-order valence-electron chi connectivity index (χ0n) is 10.8. The lowest BCUT2D eigenvalue weighted by molar-refractivity contribution is 0.600. The van der Waals surface area contributed by atoms with Crippen molar-refractivity contribution in [2.75, 3.05) is 23.9 Å². The fourth-order valence-electron chi connectivity index (χ4n) is 1.40. The Hall–Kier alpha value is -0.880. The van der Waals surface area contributed by atoms with Gasteiger partial charge in [-0.2, -0.15) is 0 Å². The van der Waals surface area contributed by atoms with Crippen LogP contribution in [-0.4, -0.2) is 36.9 Å². The van der Waals surface area contributed by atoms with Crippen molar-refractivity contribution in [1.29, 1.82) is 0 Å². The van der Waals surface area contributed by atoms with E-state index in [0.717, 1.165) is 5.56 Å². The average molecular weight is 292 g/mol. The van der Waals surface area contributed by atoms with Crippen LogP contribution in [0.1, 0.15) is 24.7 Å². The summed E-state index contributed by atoms with van der Waals surface area (Å²) in [5, 5.41) is 3.54. The predicted molar refractivity (Wildman–Crippen MR) is 74.0 cm³/mol. The number of aromatic nitrogens is 2. The lowest BCUT2D eigenvalue weighted by atomic mass is 10.3. The first-order valence-electron chi connectivity index (χ1n) is 5.78. The molecule has 0 atom stereocenters. The molecule has 18 heavy (non-hydrogen) atoms. The van der Waals surface area contributed by atoms with E-state index >= 15 is 0 Å². The van der Waals surface area contributed by atoms with Crippen molar-refractivity contribution in [3.8, 4) is 0 Å². The highest BCUT2D eigenvalue weighted by Gasteiger charge is 2.08. The summed E-state index contributed by atoms with van der Waals surface area (Å²) in [7, 11) is -2.91. The molecule has 1 N–H and O–H groups in total. The zero-order chi connectivity index (χ0) is 13.8. The number of rotatable bonds is 6. The van der Waals surface area contributed by atoms with E-state index in [0.29, 0.717) is 36.2 Å². The second-order valence-corrected chi connectivity index (χ2v) is 6.79. The first-order valence-corrected chi connectivity index (χ1v) is 8.22. The van der Waals surface area contributed by atoms with E-state index in [9.17, 15) is 8.42 Å². The van der Waals surface area contributed by atoms with Crippen LogP contribution in [-0.2, 0) is 16.3 Å². The summed E-state index contributed by atoms with van der Waals surface area (Å²) in [6.45, 7) is 4.33. The van der Waals surface area contributed by atoms with Gasteiger partial charge < -0.3 is 5.32 Å². The molecule has 0 aliphatic heterocycles. The van der Waals surface area contributed by atoms with E-state index in [-0.39, 0.29) is 5.75 Å². The minimum atomic E-state index is -2.91. The molecule has 102 valence electrons. The number of nitrogens with one attached hydrogen (secondary N) is 1. The van der Waals surface area contributed by atoms with E-state index in [1.54, 1.807) is 0 Å². The van der Waals surface area contributed by atoms with Gasteiger partial charge in [-0.05, 0) is 13.3 Å². The number of hydrogen-bond acceptors (Lipinski definition) is 5. The van der Waals surface area contributed by atoms with Crippen molar-refractivity contribution in [2.24, 2.45) is 0 Å². The van der Waals surface area contributed by atoms with Gasteiger partial charge in [0.15, 0.2) is 0 Å². The van der Waals surface area contributed by atoms with Crippen molar-refractivity contribution < 1.29 is 8.42 Å². The maximum atomic E-state index is 11.0. The summed E-state index contributed by atoms with van der Waals surface area (Å²) in [4.78, 5) is 8.47. The fraction of sp³-hybridized carbons (Fsp3) is 0.636. The lowest BCUT2D eigenvalue weighted by Crippen LogP contribution is -2.12. The summed E-state index contributed by atoms with van der Waals surface area (Å²) in [5.41, 5.74) is 0.785. The Bertz CT molecular complexity index is 517. The van der Waals surface area contributed by atoms with Crippen molar-refractivity contribution in [1.82, 2.24) is 9.97 Å². The van der Waals surface area contributed by atoms with E-state index in [1.165, 1.54) is 6.26 Å². The van der Waals surface area contributed by atoms with E-state index < -0.39 is 9.84 Å². The highest BCUT2D eigenvalue weighted by Crippen LogP contribution is 2.19. The molecule has 0 saturated carbocycles. The van der Waals surface area contributed by atoms with Gasteiger partial charge in [-0.1, -0.05) is 18.5 Å². The Balaban J connectivity index is 2.64. The number of anilines is 1. The largest absolute Gasteiger partial charge is 0.370 e. The topological polar surface area (TPSA) is 72.0 Å². The molecule has 0 bridgehead atoms. The molecule has 0 saturated heterocycles. The maximum Gasteiger partial charge on any atom is 0.147 e. The molecule has 0 aliphatic carbocycles. The second-order valence-electron chi connectivity index (χ2n) is 4.17. The molecule has 1 aromatic rings. The highest BCUT2D eigenvalue weighted by molar-refractivity contribution is 7.90.